The Hall–Kier alpha value is -3.96. The number of benzene rings is 2. The molecule has 4 aromatic rings. The predicted molar refractivity (Wildman–Crippen MR) is 118 cm³/mol. The van der Waals surface area contributed by atoms with Crippen molar-refractivity contribution in [1.29, 1.82) is 5.26 Å². The fraction of sp³-hybridized carbons (Fsp3) is 0.217. The van der Waals surface area contributed by atoms with Gasteiger partial charge < -0.3 is 10.8 Å². The molecule has 0 aliphatic rings. The fourth-order valence-corrected chi connectivity index (χ4v) is 3.52. The van der Waals surface area contributed by atoms with Gasteiger partial charge in [0, 0.05) is 10.9 Å². The number of aliphatic hydroxyl groups is 1. The summed E-state index contributed by atoms with van der Waals surface area (Å²) >= 11 is 0. The van der Waals surface area contributed by atoms with E-state index < -0.39 is 0 Å². The lowest BCUT2D eigenvalue weighted by atomic mass is 9.86. The Kier molecular flexibility index (Phi) is 4.84. The Bertz CT molecular complexity index is 1400. The standard InChI is InChI=1S/C23H22N6O2/c1-23(2,3)16-7-8-17-14(9-16)11-26-29(22(17)31)20-6-4-5-19(18(20)13-30)28-12-15(10-24)21(25)27-28/h4-9,11-12,30H,13H2,1-3H3,(H2,25,27). The average Bonchev–Trinajstić information content (AvgIpc) is 3.13. The van der Waals surface area contributed by atoms with Crippen LogP contribution in [0.25, 0.3) is 22.1 Å². The van der Waals surface area contributed by atoms with Crippen molar-refractivity contribution < 1.29 is 5.11 Å². The van der Waals surface area contributed by atoms with E-state index in [-0.39, 0.29) is 29.0 Å². The van der Waals surface area contributed by atoms with E-state index in [0.717, 1.165) is 10.9 Å². The molecule has 0 aliphatic heterocycles. The van der Waals surface area contributed by atoms with E-state index in [1.165, 1.54) is 15.6 Å². The maximum absolute atomic E-state index is 13.2. The number of fused-ring (bicyclic) bond motifs is 1. The summed E-state index contributed by atoms with van der Waals surface area (Å²) in [7, 11) is 0. The molecule has 0 amide bonds. The summed E-state index contributed by atoms with van der Waals surface area (Å²) in [4.78, 5) is 13.2. The van der Waals surface area contributed by atoms with Gasteiger partial charge >= 0.3 is 0 Å². The molecular formula is C23H22N6O2. The summed E-state index contributed by atoms with van der Waals surface area (Å²) in [5.41, 5.74) is 8.15. The number of nitrogen functional groups attached to an aromatic ring is 1. The third-order valence-corrected chi connectivity index (χ3v) is 5.28. The van der Waals surface area contributed by atoms with Gasteiger partial charge in [-0.3, -0.25) is 4.79 Å². The minimum atomic E-state index is -0.359. The molecule has 0 aliphatic carbocycles. The molecule has 0 bridgehead atoms. The Morgan fingerprint density at radius 3 is 2.58 bits per heavy atom. The number of rotatable bonds is 3. The second-order valence-corrected chi connectivity index (χ2v) is 8.33. The summed E-state index contributed by atoms with van der Waals surface area (Å²) < 4.78 is 2.69. The molecule has 2 heterocycles. The van der Waals surface area contributed by atoms with E-state index in [0.29, 0.717) is 22.3 Å². The quantitative estimate of drug-likeness (QED) is 0.531. The monoisotopic (exact) mass is 414 g/mol. The molecule has 2 aromatic heterocycles. The van der Waals surface area contributed by atoms with Crippen LogP contribution in [-0.2, 0) is 12.0 Å². The maximum Gasteiger partial charge on any atom is 0.279 e. The SMILES string of the molecule is CC(C)(C)c1ccc2c(=O)n(-c3cccc(-n4cc(C#N)c(N)n4)c3CO)ncc2c1. The molecular weight excluding hydrogens is 392 g/mol. The van der Waals surface area contributed by atoms with Crippen LogP contribution < -0.4 is 11.3 Å². The lowest BCUT2D eigenvalue weighted by molar-refractivity contribution is 0.280. The summed E-state index contributed by atoms with van der Waals surface area (Å²) in [6.45, 7) is 5.98. The van der Waals surface area contributed by atoms with E-state index in [1.54, 1.807) is 24.4 Å². The molecule has 31 heavy (non-hydrogen) atoms. The first-order chi connectivity index (χ1) is 14.7. The molecule has 0 fully saturated rings. The first kappa shape index (κ1) is 20.3. The number of nitrogens with zero attached hydrogens (tertiary/aromatic N) is 5. The van der Waals surface area contributed by atoms with Crippen LogP contribution >= 0.6 is 0 Å². The number of nitrogens with two attached hydrogens (primary N) is 1. The third kappa shape index (κ3) is 3.45. The van der Waals surface area contributed by atoms with Gasteiger partial charge in [-0.1, -0.05) is 32.9 Å². The number of aliphatic hydroxyl groups excluding tert-OH is 1. The van der Waals surface area contributed by atoms with Crippen molar-refractivity contribution >= 4 is 16.6 Å². The Morgan fingerprint density at radius 1 is 1.19 bits per heavy atom. The highest BCUT2D eigenvalue weighted by molar-refractivity contribution is 5.82. The van der Waals surface area contributed by atoms with Gasteiger partial charge in [0.25, 0.3) is 5.56 Å². The molecule has 156 valence electrons. The molecule has 8 nitrogen and oxygen atoms in total. The molecule has 0 saturated heterocycles. The second kappa shape index (κ2) is 7.38. The molecule has 0 spiro atoms. The molecule has 0 radical (unpaired) electrons. The number of aromatic nitrogens is 4. The van der Waals surface area contributed by atoms with E-state index in [2.05, 4.69) is 31.0 Å². The van der Waals surface area contributed by atoms with Gasteiger partial charge in [-0.15, -0.1) is 5.10 Å². The lowest BCUT2D eigenvalue weighted by Gasteiger charge is -2.19. The van der Waals surface area contributed by atoms with Crippen LogP contribution in [0.5, 0.6) is 0 Å². The van der Waals surface area contributed by atoms with Crippen molar-refractivity contribution in [2.45, 2.75) is 32.8 Å². The van der Waals surface area contributed by atoms with Gasteiger partial charge in [0.1, 0.15) is 11.6 Å². The van der Waals surface area contributed by atoms with Crippen molar-refractivity contribution in [2.75, 3.05) is 5.73 Å². The van der Waals surface area contributed by atoms with Gasteiger partial charge in [-0.2, -0.15) is 15.0 Å². The largest absolute Gasteiger partial charge is 0.392 e. The number of hydrogen-bond donors (Lipinski definition) is 2. The zero-order chi connectivity index (χ0) is 22.3. The summed E-state index contributed by atoms with van der Waals surface area (Å²) in [5, 5.41) is 29.1. The molecule has 0 saturated carbocycles. The van der Waals surface area contributed by atoms with Crippen LogP contribution in [0.3, 0.4) is 0 Å². The van der Waals surface area contributed by atoms with E-state index >= 15 is 0 Å². The Morgan fingerprint density at radius 2 is 1.94 bits per heavy atom. The highest BCUT2D eigenvalue weighted by atomic mass is 16.3. The predicted octanol–water partition coefficient (Wildman–Crippen LogP) is 2.82. The molecule has 3 N–H and O–H groups in total. The first-order valence-corrected chi connectivity index (χ1v) is 9.76. The smallest absolute Gasteiger partial charge is 0.279 e. The minimum absolute atomic E-state index is 0.0463. The highest BCUT2D eigenvalue weighted by Gasteiger charge is 2.18. The number of hydrogen-bond acceptors (Lipinski definition) is 6. The minimum Gasteiger partial charge on any atom is -0.392 e. The van der Waals surface area contributed by atoms with Crippen molar-refractivity contribution in [3.63, 3.8) is 0 Å². The summed E-state index contributed by atoms with van der Waals surface area (Å²) in [6.07, 6.45) is 3.14. The molecule has 0 atom stereocenters. The van der Waals surface area contributed by atoms with Crippen LogP contribution in [0.1, 0.15) is 37.5 Å². The Labute approximate surface area is 178 Å². The number of nitriles is 1. The van der Waals surface area contributed by atoms with Crippen LogP contribution in [0, 0.1) is 11.3 Å². The van der Waals surface area contributed by atoms with E-state index in [9.17, 15) is 9.90 Å². The number of anilines is 1. The zero-order valence-corrected chi connectivity index (χ0v) is 17.5. The van der Waals surface area contributed by atoms with Gasteiger partial charge in [0.15, 0.2) is 5.82 Å². The van der Waals surface area contributed by atoms with Crippen LogP contribution in [-0.4, -0.2) is 24.7 Å². The first-order valence-electron chi connectivity index (χ1n) is 9.76. The lowest BCUT2D eigenvalue weighted by Crippen LogP contribution is -2.23. The van der Waals surface area contributed by atoms with Crippen LogP contribution in [0.4, 0.5) is 5.82 Å². The topological polar surface area (TPSA) is 123 Å². The van der Waals surface area contributed by atoms with Crippen molar-refractivity contribution in [1.82, 2.24) is 19.6 Å². The van der Waals surface area contributed by atoms with Crippen LogP contribution in [0.15, 0.2) is 53.6 Å². The molecule has 4 rings (SSSR count). The van der Waals surface area contributed by atoms with Gasteiger partial charge in [-0.05, 0) is 35.2 Å². The van der Waals surface area contributed by atoms with Crippen molar-refractivity contribution in [3.8, 4) is 17.4 Å². The Balaban J connectivity index is 1.91. The van der Waals surface area contributed by atoms with Gasteiger partial charge in [-0.25, -0.2) is 4.68 Å². The summed E-state index contributed by atoms with van der Waals surface area (Å²) in [5.74, 6) is 0.0902. The normalized spacial score (nSPS) is 11.6. The second-order valence-electron chi connectivity index (χ2n) is 8.33. The fourth-order valence-electron chi connectivity index (χ4n) is 3.52. The molecule has 0 unspecified atom stereocenters. The van der Waals surface area contributed by atoms with Gasteiger partial charge in [0.2, 0.25) is 0 Å². The highest BCUT2D eigenvalue weighted by Crippen LogP contribution is 2.26. The summed E-state index contributed by atoms with van der Waals surface area (Å²) in [6, 6.07) is 12.9. The third-order valence-electron chi connectivity index (χ3n) is 5.28. The van der Waals surface area contributed by atoms with Crippen molar-refractivity contribution in [3.05, 3.63) is 75.8 Å². The molecule has 8 heteroatoms. The maximum atomic E-state index is 13.2. The van der Waals surface area contributed by atoms with Crippen LogP contribution in [0.2, 0.25) is 0 Å². The average molecular weight is 414 g/mol. The van der Waals surface area contributed by atoms with Gasteiger partial charge in [0.05, 0.1) is 35.8 Å². The zero-order valence-electron chi connectivity index (χ0n) is 17.5. The van der Waals surface area contributed by atoms with E-state index in [4.69, 9.17) is 11.0 Å². The van der Waals surface area contributed by atoms with Crippen molar-refractivity contribution in [2.24, 2.45) is 0 Å². The van der Waals surface area contributed by atoms with E-state index in [1.807, 2.05) is 24.3 Å². The molecule has 2 aromatic carbocycles.